The van der Waals surface area contributed by atoms with Gasteiger partial charge in [0.25, 0.3) is 0 Å². The third-order valence-corrected chi connectivity index (χ3v) is 12.8. The summed E-state index contributed by atoms with van der Waals surface area (Å²) in [4.78, 5) is 48.5. The van der Waals surface area contributed by atoms with E-state index in [0.717, 1.165) is 128 Å². The molecule has 0 rings (SSSR count). The van der Waals surface area contributed by atoms with Crippen LogP contribution in [0.2, 0.25) is 0 Å². The van der Waals surface area contributed by atoms with Crippen LogP contribution in [-0.2, 0) is 42.2 Å². The summed E-state index contributed by atoms with van der Waals surface area (Å²) in [5.41, 5.74) is 0. The number of unbranched alkanes of at least 4 members (excludes halogenated alkanes) is 25. The maximum atomic E-state index is 12.9. The van der Waals surface area contributed by atoms with Crippen molar-refractivity contribution in [3.8, 4) is 0 Å². The highest BCUT2D eigenvalue weighted by Crippen LogP contribution is 2.43. The molecule has 0 aromatic rings. The predicted molar refractivity (Wildman–Crippen MR) is 288 cm³/mol. The van der Waals surface area contributed by atoms with Gasteiger partial charge in [-0.2, -0.15) is 0 Å². The largest absolute Gasteiger partial charge is 0.472 e. The molecular weight excluding hydrogens is 904 g/mol. The van der Waals surface area contributed by atoms with Crippen molar-refractivity contribution in [1.82, 2.24) is 0 Å². The van der Waals surface area contributed by atoms with E-state index in [2.05, 4.69) is 81.5 Å². The van der Waals surface area contributed by atoms with Gasteiger partial charge in [0.05, 0.1) is 19.8 Å². The van der Waals surface area contributed by atoms with Gasteiger partial charge in [0.15, 0.2) is 6.10 Å². The molecular formula is C58H103O11P. The standard InChI is InChI=1S/C58H103O11P/c1-4-7-10-13-16-19-22-25-27-30-32-35-38-41-44-47-56(60)65-51-55(69-58(62)49-46-43-40-37-34-31-28-26-23-20-17-14-11-8-5-2)53-67-70(63,64)66-52-54(50-59)68-57(61)48-45-42-39-36-33-29-24-21-18-15-12-9-6-3/h7,10,16,19,21,24-28,54-55,59H,4-6,8-9,11-15,17-18,20,22-23,29-53H2,1-3H3,(H,63,64)/b10-7-,19-16-,24-21-,27-25-,28-26-. The van der Waals surface area contributed by atoms with Gasteiger partial charge in [-0.1, -0.05) is 191 Å². The summed E-state index contributed by atoms with van der Waals surface area (Å²) < 4.78 is 39.4. The fraction of sp³-hybridized carbons (Fsp3) is 0.776. The molecule has 11 nitrogen and oxygen atoms in total. The van der Waals surface area contributed by atoms with Crippen molar-refractivity contribution < 1.29 is 52.2 Å². The van der Waals surface area contributed by atoms with Crippen molar-refractivity contribution >= 4 is 25.7 Å². The van der Waals surface area contributed by atoms with Crippen molar-refractivity contribution in [3.05, 3.63) is 60.8 Å². The number of ether oxygens (including phenoxy) is 3. The molecule has 70 heavy (non-hydrogen) atoms. The van der Waals surface area contributed by atoms with Crippen molar-refractivity contribution in [3.63, 3.8) is 0 Å². The molecule has 406 valence electrons. The molecule has 0 aliphatic heterocycles. The first kappa shape index (κ1) is 67.2. The summed E-state index contributed by atoms with van der Waals surface area (Å²) in [6.07, 6.45) is 56.0. The van der Waals surface area contributed by atoms with E-state index >= 15 is 0 Å². The Morgan fingerprint density at radius 1 is 0.414 bits per heavy atom. The van der Waals surface area contributed by atoms with E-state index in [1.54, 1.807) is 0 Å². The molecule has 0 saturated heterocycles. The van der Waals surface area contributed by atoms with Gasteiger partial charge >= 0.3 is 25.7 Å². The molecule has 0 heterocycles. The third-order valence-electron chi connectivity index (χ3n) is 11.9. The molecule has 0 amide bonds. The highest BCUT2D eigenvalue weighted by atomic mass is 31.2. The Labute approximate surface area is 427 Å². The van der Waals surface area contributed by atoms with Crippen LogP contribution in [0.1, 0.15) is 252 Å². The number of phosphoric acid groups is 1. The zero-order valence-corrected chi connectivity index (χ0v) is 45.6. The lowest BCUT2D eigenvalue weighted by Gasteiger charge is -2.21. The van der Waals surface area contributed by atoms with Crippen LogP contribution in [0.5, 0.6) is 0 Å². The molecule has 0 fully saturated rings. The van der Waals surface area contributed by atoms with Crippen LogP contribution in [0.15, 0.2) is 60.8 Å². The first-order valence-corrected chi connectivity index (χ1v) is 29.7. The highest BCUT2D eigenvalue weighted by molar-refractivity contribution is 7.47. The van der Waals surface area contributed by atoms with Gasteiger partial charge < -0.3 is 24.2 Å². The average Bonchev–Trinajstić information content (AvgIpc) is 3.35. The van der Waals surface area contributed by atoms with Crippen LogP contribution in [-0.4, -0.2) is 66.5 Å². The zero-order valence-electron chi connectivity index (χ0n) is 44.7. The van der Waals surface area contributed by atoms with Crippen LogP contribution < -0.4 is 0 Å². The van der Waals surface area contributed by atoms with Gasteiger partial charge in [0.2, 0.25) is 0 Å². The van der Waals surface area contributed by atoms with E-state index in [9.17, 15) is 28.9 Å². The van der Waals surface area contributed by atoms with Crippen molar-refractivity contribution in [2.45, 2.75) is 264 Å². The molecule has 12 heteroatoms. The number of carbonyl (C=O) groups excluding carboxylic acids is 3. The smallest absolute Gasteiger partial charge is 0.462 e. The normalized spacial score (nSPS) is 13.8. The van der Waals surface area contributed by atoms with E-state index in [1.807, 2.05) is 0 Å². The van der Waals surface area contributed by atoms with Gasteiger partial charge in [0.1, 0.15) is 12.7 Å². The molecule has 3 unspecified atom stereocenters. The minimum absolute atomic E-state index is 0.153. The van der Waals surface area contributed by atoms with E-state index in [0.29, 0.717) is 19.3 Å². The van der Waals surface area contributed by atoms with E-state index < -0.39 is 57.8 Å². The lowest BCUT2D eigenvalue weighted by atomic mass is 10.1. The molecule has 3 atom stereocenters. The fourth-order valence-corrected chi connectivity index (χ4v) is 8.38. The van der Waals surface area contributed by atoms with Crippen LogP contribution in [0.25, 0.3) is 0 Å². The number of aliphatic hydroxyl groups excluding tert-OH is 1. The number of aliphatic hydroxyl groups is 1. The molecule has 0 radical (unpaired) electrons. The maximum absolute atomic E-state index is 12.9. The summed E-state index contributed by atoms with van der Waals surface area (Å²) in [7, 11) is -4.75. The molecule has 0 aromatic heterocycles. The molecule has 0 aromatic carbocycles. The second kappa shape index (κ2) is 52.5. The van der Waals surface area contributed by atoms with Crippen molar-refractivity contribution in [2.75, 3.05) is 26.4 Å². The van der Waals surface area contributed by atoms with Gasteiger partial charge in [0, 0.05) is 19.3 Å². The summed E-state index contributed by atoms with van der Waals surface area (Å²) >= 11 is 0. The van der Waals surface area contributed by atoms with Gasteiger partial charge in [-0.15, -0.1) is 0 Å². The number of esters is 3. The molecule has 2 N–H and O–H groups in total. The van der Waals surface area contributed by atoms with Crippen molar-refractivity contribution in [2.24, 2.45) is 0 Å². The lowest BCUT2D eigenvalue weighted by Crippen LogP contribution is -2.30. The fourth-order valence-electron chi connectivity index (χ4n) is 7.59. The minimum Gasteiger partial charge on any atom is -0.462 e. The van der Waals surface area contributed by atoms with Crippen LogP contribution in [0, 0.1) is 0 Å². The highest BCUT2D eigenvalue weighted by Gasteiger charge is 2.28. The Morgan fingerprint density at radius 3 is 1.17 bits per heavy atom. The monoisotopic (exact) mass is 1010 g/mol. The SMILES string of the molecule is CC/C=C\C/C=C\C/C=C\CCCCCCCC(=O)OCC(COP(=O)(O)OCC(CO)OC(=O)CCCCCCC/C=C\CCCCCC)OC(=O)CCCCCCC/C=C\CCCCCCCC. The maximum Gasteiger partial charge on any atom is 0.472 e. The summed E-state index contributed by atoms with van der Waals surface area (Å²) in [6.45, 7) is 4.48. The molecule has 0 aliphatic carbocycles. The predicted octanol–water partition coefficient (Wildman–Crippen LogP) is 16.4. The Hall–Kier alpha value is -2.82. The average molecular weight is 1010 g/mol. The van der Waals surface area contributed by atoms with E-state index in [1.165, 1.54) is 64.2 Å². The third kappa shape index (κ3) is 50.1. The van der Waals surface area contributed by atoms with Crippen LogP contribution >= 0.6 is 7.82 Å². The number of rotatable bonds is 52. The number of phosphoric ester groups is 1. The van der Waals surface area contributed by atoms with E-state index in [4.69, 9.17) is 23.3 Å². The van der Waals surface area contributed by atoms with Gasteiger partial charge in [-0.25, -0.2) is 4.57 Å². The number of hydrogen-bond acceptors (Lipinski definition) is 10. The van der Waals surface area contributed by atoms with Crippen LogP contribution in [0.4, 0.5) is 0 Å². The Bertz CT molecular complexity index is 1410. The summed E-state index contributed by atoms with van der Waals surface area (Å²) in [5.74, 6) is -1.50. The molecule has 0 spiro atoms. The van der Waals surface area contributed by atoms with Gasteiger partial charge in [-0.3, -0.25) is 23.4 Å². The first-order chi connectivity index (χ1) is 34.2. The van der Waals surface area contributed by atoms with E-state index in [-0.39, 0.29) is 25.9 Å². The lowest BCUT2D eigenvalue weighted by molar-refractivity contribution is -0.161. The summed E-state index contributed by atoms with van der Waals surface area (Å²) in [6, 6.07) is 0. The number of hydrogen-bond donors (Lipinski definition) is 2. The van der Waals surface area contributed by atoms with Crippen molar-refractivity contribution in [1.29, 1.82) is 0 Å². The zero-order chi connectivity index (χ0) is 51.3. The second-order valence-electron chi connectivity index (χ2n) is 18.7. The topological polar surface area (TPSA) is 155 Å². The minimum atomic E-state index is -4.75. The summed E-state index contributed by atoms with van der Waals surface area (Å²) in [5, 5.41) is 9.79. The Kier molecular flexibility index (Phi) is 50.4. The number of allylic oxidation sites excluding steroid dienone is 10. The molecule has 0 aliphatic rings. The van der Waals surface area contributed by atoms with Crippen LogP contribution in [0.3, 0.4) is 0 Å². The quantitative estimate of drug-likeness (QED) is 0.0197. The van der Waals surface area contributed by atoms with Gasteiger partial charge in [-0.05, 0) is 103 Å². The Balaban J connectivity index is 4.77. The first-order valence-electron chi connectivity index (χ1n) is 28.2. The molecule has 0 bridgehead atoms. The molecule has 0 saturated carbocycles. The Morgan fingerprint density at radius 2 is 0.743 bits per heavy atom. The number of carbonyl (C=O) groups is 3. The second-order valence-corrected chi connectivity index (χ2v) is 20.2.